The molecule has 2 aliphatic rings. The number of fused-ring (bicyclic) bond motifs is 2. The van der Waals surface area contributed by atoms with Crippen LogP contribution in [-0.4, -0.2) is 27.3 Å². The van der Waals surface area contributed by atoms with E-state index in [2.05, 4.69) is 31.3 Å². The molecule has 0 spiro atoms. The van der Waals surface area contributed by atoms with Gasteiger partial charge < -0.3 is 0 Å². The zero-order valence-corrected chi connectivity index (χ0v) is 15.0. The Labute approximate surface area is 150 Å². The number of rotatable bonds is 1. The molecule has 0 saturated heterocycles. The molecule has 1 aromatic carbocycles. The van der Waals surface area contributed by atoms with Crippen LogP contribution in [0.25, 0.3) is 5.70 Å². The van der Waals surface area contributed by atoms with Gasteiger partial charge in [0, 0.05) is 27.6 Å². The molecule has 8 heteroatoms. The zero-order valence-electron chi connectivity index (χ0n) is 12.6. The third kappa shape index (κ3) is 2.51. The van der Waals surface area contributed by atoms with Crippen LogP contribution in [-0.2, 0) is 4.79 Å². The summed E-state index contributed by atoms with van der Waals surface area (Å²) >= 11 is 4.85. The summed E-state index contributed by atoms with van der Waals surface area (Å²) in [5.41, 5.74) is 1.43. The first-order valence-corrected chi connectivity index (χ1v) is 9.20. The summed E-state index contributed by atoms with van der Waals surface area (Å²) in [6, 6.07) is 9.48. The molecule has 0 fully saturated rings. The van der Waals surface area contributed by atoms with Crippen molar-refractivity contribution in [3.63, 3.8) is 0 Å². The van der Waals surface area contributed by atoms with Crippen LogP contribution in [0.2, 0.25) is 0 Å². The predicted molar refractivity (Wildman–Crippen MR) is 96.2 cm³/mol. The Morgan fingerprint density at radius 1 is 1.25 bits per heavy atom. The van der Waals surface area contributed by atoms with E-state index in [0.717, 1.165) is 20.6 Å². The van der Waals surface area contributed by atoms with Gasteiger partial charge in [-0.2, -0.15) is 0 Å². The smallest absolute Gasteiger partial charge is 0.276 e. The monoisotopic (exact) mass is 401 g/mol. The fourth-order valence-electron chi connectivity index (χ4n) is 2.70. The summed E-state index contributed by atoms with van der Waals surface area (Å²) in [7, 11) is 0. The minimum Gasteiger partial charge on any atom is -0.298 e. The fourth-order valence-corrected chi connectivity index (χ4v) is 3.42. The normalized spacial score (nSPS) is 19.0. The van der Waals surface area contributed by atoms with Crippen LogP contribution in [0.15, 0.2) is 57.3 Å². The number of amidine groups is 1. The second kappa shape index (κ2) is 6.03. The highest BCUT2D eigenvalue weighted by Crippen LogP contribution is 2.30. The van der Waals surface area contributed by atoms with Crippen molar-refractivity contribution in [3.8, 4) is 0 Å². The second-order valence-corrected chi connectivity index (χ2v) is 6.91. The third-order valence-electron chi connectivity index (χ3n) is 3.77. The number of pyridine rings is 1. The highest BCUT2D eigenvalue weighted by molar-refractivity contribution is 9.10. The summed E-state index contributed by atoms with van der Waals surface area (Å²) in [5, 5.41) is 11.2. The molecule has 2 aliphatic heterocycles. The molecular weight excluding hydrogens is 390 g/mol. The van der Waals surface area contributed by atoms with E-state index in [4.69, 9.17) is 4.99 Å². The van der Waals surface area contributed by atoms with Gasteiger partial charge in [0.25, 0.3) is 5.91 Å². The number of hydrogen-bond donors (Lipinski definition) is 1. The quantitative estimate of drug-likeness (QED) is 0.782. The predicted octanol–water partition coefficient (Wildman–Crippen LogP) is 1.35. The first-order valence-electron chi connectivity index (χ1n) is 7.18. The lowest BCUT2D eigenvalue weighted by molar-refractivity contribution is -0.116. The van der Waals surface area contributed by atoms with Crippen LogP contribution in [0, 0.1) is 0 Å². The van der Waals surface area contributed by atoms with Crippen molar-refractivity contribution in [2.75, 3.05) is 6.26 Å². The number of benzene rings is 1. The van der Waals surface area contributed by atoms with Gasteiger partial charge in [0.05, 0.1) is 5.36 Å². The van der Waals surface area contributed by atoms with E-state index in [1.165, 1.54) is 11.8 Å². The summed E-state index contributed by atoms with van der Waals surface area (Å²) in [4.78, 5) is 21.6. The number of hydrazone groups is 1. The maximum Gasteiger partial charge on any atom is 0.276 e. The summed E-state index contributed by atoms with van der Waals surface area (Å²) in [6.07, 6.45) is 4.90. The summed E-state index contributed by atoms with van der Waals surface area (Å²) in [5.74, 6) is -0.178. The van der Waals surface area contributed by atoms with Crippen molar-refractivity contribution in [2.45, 2.75) is 6.17 Å². The van der Waals surface area contributed by atoms with Gasteiger partial charge in [-0.15, -0.1) is 5.10 Å². The van der Waals surface area contributed by atoms with E-state index in [1.807, 2.05) is 36.6 Å². The third-order valence-corrected chi connectivity index (χ3v) is 4.83. The lowest BCUT2D eigenvalue weighted by atomic mass is 10.1. The number of halogens is 1. The molecule has 0 unspecified atom stereocenters. The molecule has 0 aliphatic carbocycles. The minimum atomic E-state index is -0.398. The maximum absolute atomic E-state index is 12.7. The van der Waals surface area contributed by atoms with Gasteiger partial charge in [-0.25, -0.2) is 5.01 Å². The molecule has 24 heavy (non-hydrogen) atoms. The van der Waals surface area contributed by atoms with Gasteiger partial charge in [-0.05, 0) is 36.6 Å². The molecular formula is C16H12BrN5OS. The molecule has 120 valence electrons. The van der Waals surface area contributed by atoms with Crippen molar-refractivity contribution < 1.29 is 4.79 Å². The van der Waals surface area contributed by atoms with E-state index in [0.29, 0.717) is 10.9 Å². The van der Waals surface area contributed by atoms with Gasteiger partial charge >= 0.3 is 0 Å². The highest BCUT2D eigenvalue weighted by atomic mass is 79.9. The average molecular weight is 402 g/mol. The Bertz CT molecular complexity index is 976. The van der Waals surface area contributed by atoms with Gasteiger partial charge in [-0.1, -0.05) is 27.7 Å². The van der Waals surface area contributed by atoms with E-state index < -0.39 is 6.17 Å². The minimum absolute atomic E-state index is 0.178. The second-order valence-electron chi connectivity index (χ2n) is 5.20. The number of hydrogen-bond acceptors (Lipinski definition) is 6. The lowest BCUT2D eigenvalue weighted by Gasteiger charge is -2.33. The summed E-state index contributed by atoms with van der Waals surface area (Å²) in [6.45, 7) is 0. The number of amides is 1. The van der Waals surface area contributed by atoms with Crippen LogP contribution in [0.3, 0.4) is 0 Å². The summed E-state index contributed by atoms with van der Waals surface area (Å²) < 4.78 is 0.888. The maximum atomic E-state index is 12.7. The van der Waals surface area contributed by atoms with Gasteiger partial charge in [0.1, 0.15) is 5.70 Å². The van der Waals surface area contributed by atoms with Crippen molar-refractivity contribution in [1.82, 2.24) is 15.3 Å². The van der Waals surface area contributed by atoms with Gasteiger partial charge in [0.15, 0.2) is 11.3 Å². The Hall–Kier alpha value is -2.19. The first-order chi connectivity index (χ1) is 11.7. The van der Waals surface area contributed by atoms with Gasteiger partial charge in [-0.3, -0.25) is 20.1 Å². The number of carbonyl (C=O) groups is 1. The molecule has 1 aromatic heterocycles. The van der Waals surface area contributed by atoms with Crippen LogP contribution >= 0.6 is 27.7 Å². The molecule has 1 N–H and O–H groups in total. The number of carbonyl (C=O) groups excluding carboxylic acids is 1. The Morgan fingerprint density at radius 3 is 2.79 bits per heavy atom. The average Bonchev–Trinajstić information content (AvgIpc) is 2.61. The fraction of sp³-hybridized carbons (Fsp3) is 0.125. The van der Waals surface area contributed by atoms with E-state index in [9.17, 15) is 4.79 Å². The van der Waals surface area contributed by atoms with Crippen LogP contribution in [0.5, 0.6) is 0 Å². The molecule has 0 saturated carbocycles. The van der Waals surface area contributed by atoms with Crippen LogP contribution in [0.4, 0.5) is 0 Å². The first kappa shape index (κ1) is 15.3. The highest BCUT2D eigenvalue weighted by Gasteiger charge is 2.34. The molecule has 4 rings (SSSR count). The van der Waals surface area contributed by atoms with E-state index >= 15 is 0 Å². The van der Waals surface area contributed by atoms with Crippen molar-refractivity contribution >= 4 is 44.5 Å². The molecule has 6 nitrogen and oxygen atoms in total. The van der Waals surface area contributed by atoms with Gasteiger partial charge in [0.2, 0.25) is 0 Å². The molecule has 1 amide bonds. The molecule has 1 atom stereocenters. The van der Waals surface area contributed by atoms with Crippen molar-refractivity contribution in [2.24, 2.45) is 10.1 Å². The Morgan fingerprint density at radius 2 is 2.04 bits per heavy atom. The zero-order chi connectivity index (χ0) is 16.7. The lowest BCUT2D eigenvalue weighted by Crippen LogP contribution is -2.50. The SMILES string of the molecule is CSC1=NN2C(=c3cc(Br)ccc3=N[C@H]2c2ccncc2)C(=O)N1. The molecule has 0 radical (unpaired) electrons. The standard InChI is InChI=1S/C16H12BrN5OS/c1-24-16-20-15(23)13-11-8-10(17)2-3-12(11)19-14(22(13)21-16)9-4-6-18-7-5-9/h2-8,14H,1H3,(H,20,21,23)/t14-/m1/s1. The van der Waals surface area contributed by atoms with Crippen molar-refractivity contribution in [3.05, 3.63) is 63.3 Å². The van der Waals surface area contributed by atoms with E-state index in [1.54, 1.807) is 17.4 Å². The molecule has 3 heterocycles. The van der Waals surface area contributed by atoms with Crippen LogP contribution in [0.1, 0.15) is 11.7 Å². The Balaban J connectivity index is 2.02. The van der Waals surface area contributed by atoms with Crippen LogP contribution < -0.4 is 15.9 Å². The molecule has 2 aromatic rings. The number of thioether (sulfide) groups is 1. The number of nitrogens with zero attached hydrogens (tertiary/aromatic N) is 4. The van der Waals surface area contributed by atoms with E-state index in [-0.39, 0.29) is 5.91 Å². The number of nitrogens with one attached hydrogen (secondary N) is 1. The number of aromatic nitrogens is 1. The van der Waals surface area contributed by atoms with Crippen molar-refractivity contribution in [1.29, 1.82) is 0 Å². The largest absolute Gasteiger partial charge is 0.298 e. The molecule has 0 bridgehead atoms. The Kier molecular flexibility index (Phi) is 3.85. The topological polar surface area (TPSA) is 70.0 Å².